The summed E-state index contributed by atoms with van der Waals surface area (Å²) in [6.07, 6.45) is 2.82. The molecule has 1 amide bonds. The Kier molecular flexibility index (Phi) is 5.41. The Balaban J connectivity index is 2.73. The van der Waals surface area contributed by atoms with Crippen LogP contribution in [0.4, 0.5) is 0 Å². The van der Waals surface area contributed by atoms with Gasteiger partial charge in [0, 0.05) is 12.6 Å². The second-order valence-corrected chi connectivity index (χ2v) is 4.64. The van der Waals surface area contributed by atoms with Crippen LogP contribution in [0.15, 0.2) is 0 Å². The van der Waals surface area contributed by atoms with Crippen molar-refractivity contribution in [2.45, 2.75) is 45.2 Å². The van der Waals surface area contributed by atoms with Crippen molar-refractivity contribution < 1.29 is 14.3 Å². The second-order valence-electron chi connectivity index (χ2n) is 4.64. The zero-order valence-electron chi connectivity index (χ0n) is 10.9. The number of hydrogen-bond acceptors (Lipinski definition) is 4. The van der Waals surface area contributed by atoms with Gasteiger partial charge in [-0.05, 0) is 33.1 Å². The molecule has 0 radical (unpaired) electrons. The van der Waals surface area contributed by atoms with E-state index in [1.165, 1.54) is 7.11 Å². The van der Waals surface area contributed by atoms with Crippen molar-refractivity contribution in [2.24, 2.45) is 0 Å². The molecule has 1 rings (SSSR count). The lowest BCUT2D eigenvalue weighted by Gasteiger charge is -2.32. The van der Waals surface area contributed by atoms with Crippen molar-refractivity contribution in [2.75, 3.05) is 20.2 Å². The van der Waals surface area contributed by atoms with E-state index in [2.05, 4.69) is 10.1 Å². The smallest absolute Gasteiger partial charge is 0.319 e. The molecule has 0 spiro atoms. The summed E-state index contributed by atoms with van der Waals surface area (Å²) >= 11 is 0. The summed E-state index contributed by atoms with van der Waals surface area (Å²) in [5.74, 6) is -0.268. The molecule has 0 aromatic rings. The predicted octanol–water partition coefficient (Wildman–Crippen LogP) is 0.539. The van der Waals surface area contributed by atoms with Gasteiger partial charge in [0.25, 0.3) is 0 Å². The number of carbonyl (C=O) groups excluding carboxylic acids is 2. The third-order valence-corrected chi connectivity index (χ3v) is 3.11. The van der Waals surface area contributed by atoms with Gasteiger partial charge < -0.3 is 10.1 Å². The summed E-state index contributed by atoms with van der Waals surface area (Å²) in [5, 5.41) is 2.89. The fourth-order valence-corrected chi connectivity index (χ4v) is 2.11. The van der Waals surface area contributed by atoms with Crippen LogP contribution in [-0.2, 0) is 14.3 Å². The van der Waals surface area contributed by atoms with E-state index in [9.17, 15) is 9.59 Å². The number of carbonyl (C=O) groups is 2. The van der Waals surface area contributed by atoms with Crippen molar-refractivity contribution in [3.8, 4) is 0 Å². The highest BCUT2D eigenvalue weighted by Gasteiger charge is 2.30. The van der Waals surface area contributed by atoms with Crippen molar-refractivity contribution in [1.29, 1.82) is 0 Å². The first-order chi connectivity index (χ1) is 8.06. The molecule has 0 aliphatic carbocycles. The van der Waals surface area contributed by atoms with Gasteiger partial charge in [-0.25, -0.2) is 0 Å². The van der Waals surface area contributed by atoms with Gasteiger partial charge >= 0.3 is 5.97 Å². The monoisotopic (exact) mass is 242 g/mol. The molecule has 1 aliphatic rings. The Hall–Kier alpha value is -1.10. The molecule has 1 N–H and O–H groups in total. The summed E-state index contributed by atoms with van der Waals surface area (Å²) in [6.45, 7) is 4.88. The third kappa shape index (κ3) is 4.00. The van der Waals surface area contributed by atoms with E-state index < -0.39 is 0 Å². The van der Waals surface area contributed by atoms with Crippen molar-refractivity contribution >= 4 is 11.9 Å². The molecule has 0 bridgehead atoms. The van der Waals surface area contributed by atoms with Crippen molar-refractivity contribution in [3.63, 3.8) is 0 Å². The van der Waals surface area contributed by atoms with Crippen LogP contribution in [-0.4, -0.2) is 49.1 Å². The van der Waals surface area contributed by atoms with Crippen LogP contribution in [0.1, 0.15) is 33.1 Å². The minimum absolute atomic E-state index is 0.0279. The van der Waals surface area contributed by atoms with E-state index in [1.807, 2.05) is 18.7 Å². The first-order valence-corrected chi connectivity index (χ1v) is 6.16. The first-order valence-electron chi connectivity index (χ1n) is 6.16. The largest absolute Gasteiger partial charge is 0.468 e. The molecule has 1 saturated heterocycles. The zero-order valence-corrected chi connectivity index (χ0v) is 10.9. The molecule has 5 heteroatoms. The maximum Gasteiger partial charge on any atom is 0.319 e. The molecular weight excluding hydrogens is 220 g/mol. The summed E-state index contributed by atoms with van der Waals surface area (Å²) in [6, 6.07) is -0.0699. The number of nitrogens with zero attached hydrogens (tertiary/aromatic N) is 1. The number of nitrogens with one attached hydrogen (secondary N) is 1. The lowest BCUT2D eigenvalue weighted by molar-refractivity contribution is -0.144. The summed E-state index contributed by atoms with van der Waals surface area (Å²) in [4.78, 5) is 25.2. The third-order valence-electron chi connectivity index (χ3n) is 3.11. The minimum atomic E-state index is -0.296. The van der Waals surface area contributed by atoms with Gasteiger partial charge in [-0.1, -0.05) is 0 Å². The van der Waals surface area contributed by atoms with Gasteiger partial charge in [0.15, 0.2) is 0 Å². The number of amides is 1. The van der Waals surface area contributed by atoms with E-state index in [-0.39, 0.29) is 30.5 Å². The van der Waals surface area contributed by atoms with Crippen LogP contribution in [0.5, 0.6) is 0 Å². The summed E-state index contributed by atoms with van der Waals surface area (Å²) < 4.78 is 4.68. The molecule has 98 valence electrons. The maximum atomic E-state index is 11.9. The van der Waals surface area contributed by atoms with Crippen LogP contribution in [0.25, 0.3) is 0 Å². The number of hydrogen-bond donors (Lipinski definition) is 1. The fourth-order valence-electron chi connectivity index (χ4n) is 2.11. The van der Waals surface area contributed by atoms with E-state index in [1.54, 1.807) is 0 Å². The van der Waals surface area contributed by atoms with E-state index in [0.717, 1.165) is 25.8 Å². The Morgan fingerprint density at radius 3 is 2.82 bits per heavy atom. The zero-order chi connectivity index (χ0) is 12.8. The molecule has 5 nitrogen and oxygen atoms in total. The van der Waals surface area contributed by atoms with Gasteiger partial charge in [-0.2, -0.15) is 0 Å². The average molecular weight is 242 g/mol. The van der Waals surface area contributed by atoms with Crippen LogP contribution < -0.4 is 5.32 Å². The lowest BCUT2D eigenvalue weighted by atomic mass is 10.1. The molecule has 1 unspecified atom stereocenters. The molecule has 1 atom stereocenters. The molecule has 0 aromatic carbocycles. The Morgan fingerprint density at radius 1 is 1.53 bits per heavy atom. The van der Waals surface area contributed by atoms with Gasteiger partial charge in [0.1, 0.15) is 0 Å². The average Bonchev–Trinajstić information content (AvgIpc) is 2.50. The molecule has 1 heterocycles. The lowest BCUT2D eigenvalue weighted by Crippen LogP contribution is -2.50. The van der Waals surface area contributed by atoms with Gasteiger partial charge in [0.2, 0.25) is 5.91 Å². The van der Waals surface area contributed by atoms with E-state index in [4.69, 9.17) is 0 Å². The standard InChI is InChI=1S/C12H22N2O3/c1-9(2)14(8-11(15)17-3)10-6-4-5-7-13-12(10)16/h9-10H,4-8H2,1-3H3,(H,13,16). The Morgan fingerprint density at radius 2 is 2.24 bits per heavy atom. The van der Waals surface area contributed by atoms with E-state index >= 15 is 0 Å². The molecule has 1 aliphatic heterocycles. The summed E-state index contributed by atoms with van der Waals surface area (Å²) in [5.41, 5.74) is 0. The molecule has 0 aromatic heterocycles. The van der Waals surface area contributed by atoms with Crippen LogP contribution in [0, 0.1) is 0 Å². The van der Waals surface area contributed by atoms with Gasteiger partial charge in [-0.15, -0.1) is 0 Å². The van der Waals surface area contributed by atoms with E-state index in [0.29, 0.717) is 0 Å². The van der Waals surface area contributed by atoms with Crippen LogP contribution in [0.3, 0.4) is 0 Å². The van der Waals surface area contributed by atoms with Crippen molar-refractivity contribution in [3.05, 3.63) is 0 Å². The van der Waals surface area contributed by atoms with Gasteiger partial charge in [0.05, 0.1) is 19.7 Å². The molecule has 0 saturated carbocycles. The SMILES string of the molecule is COC(=O)CN(C(C)C)C1CCCCNC1=O. The molecule has 17 heavy (non-hydrogen) atoms. The van der Waals surface area contributed by atoms with Crippen molar-refractivity contribution in [1.82, 2.24) is 10.2 Å². The molecule has 1 fully saturated rings. The number of rotatable bonds is 4. The first kappa shape index (κ1) is 14.0. The number of esters is 1. The number of ether oxygens (including phenoxy) is 1. The van der Waals surface area contributed by atoms with Gasteiger partial charge in [-0.3, -0.25) is 14.5 Å². The topological polar surface area (TPSA) is 58.6 Å². The highest BCUT2D eigenvalue weighted by atomic mass is 16.5. The van der Waals surface area contributed by atoms with Crippen LogP contribution in [0.2, 0.25) is 0 Å². The Labute approximate surface area is 102 Å². The maximum absolute atomic E-state index is 11.9. The molecular formula is C12H22N2O3. The highest BCUT2D eigenvalue weighted by Crippen LogP contribution is 2.15. The highest BCUT2D eigenvalue weighted by molar-refractivity contribution is 5.83. The minimum Gasteiger partial charge on any atom is -0.468 e. The normalized spacial score (nSPS) is 21.2. The number of methoxy groups -OCH3 is 1. The summed E-state index contributed by atoms with van der Waals surface area (Å²) in [7, 11) is 1.37. The quantitative estimate of drug-likeness (QED) is 0.731. The fraction of sp³-hybridized carbons (Fsp3) is 0.833. The van der Waals surface area contributed by atoms with Crippen LogP contribution >= 0.6 is 0 Å². The Bertz CT molecular complexity index is 279. The second kappa shape index (κ2) is 6.59. The predicted molar refractivity (Wildman–Crippen MR) is 64.5 cm³/mol.